The summed E-state index contributed by atoms with van der Waals surface area (Å²) in [6.07, 6.45) is -1.83. The van der Waals surface area contributed by atoms with E-state index in [1.807, 2.05) is 0 Å². The molecule has 0 spiro atoms. The SMILES string of the molecule is O.O.O.O.O=C(O)O.[CaH2].[Mo].[Zn]. The summed E-state index contributed by atoms with van der Waals surface area (Å²) >= 11 is 0. The van der Waals surface area contributed by atoms with E-state index in [9.17, 15) is 0 Å². The van der Waals surface area contributed by atoms with E-state index in [0.717, 1.165) is 0 Å². The smallest absolute Gasteiger partial charge is 0 e. The Hall–Kier alpha value is 1.68. The summed E-state index contributed by atoms with van der Waals surface area (Å²) in [7, 11) is 0. The minimum Gasteiger partial charge on any atom is 0 e. The number of rotatable bonds is 0. The van der Waals surface area contributed by atoms with Crippen LogP contribution in [0.3, 0.4) is 0 Å². The molecule has 11 heavy (non-hydrogen) atoms. The van der Waals surface area contributed by atoms with E-state index in [0.29, 0.717) is 0 Å². The van der Waals surface area contributed by atoms with Crippen LogP contribution in [0.2, 0.25) is 0 Å². The van der Waals surface area contributed by atoms with Crippen molar-refractivity contribution in [3.63, 3.8) is 0 Å². The molecule has 0 saturated heterocycles. The van der Waals surface area contributed by atoms with E-state index in [2.05, 4.69) is 0 Å². The van der Waals surface area contributed by atoms with Crippen molar-refractivity contribution in [1.82, 2.24) is 0 Å². The predicted octanol–water partition coefficient (Wildman–Crippen LogP) is -4.00. The second kappa shape index (κ2) is 60.8. The maximum absolute atomic E-state index is 8.56. The van der Waals surface area contributed by atoms with Crippen LogP contribution in [-0.4, -0.2) is 76.0 Å². The summed E-state index contributed by atoms with van der Waals surface area (Å²) in [5.74, 6) is 0. The van der Waals surface area contributed by atoms with E-state index < -0.39 is 6.16 Å². The molecular formula is CH12CaMoO7Zn. The number of hydrogen-bond acceptors (Lipinski definition) is 1. The quantitative estimate of drug-likeness (QED) is 0.428. The Bertz CT molecular complexity index is 41.4. The van der Waals surface area contributed by atoms with Gasteiger partial charge in [-0.05, 0) is 0 Å². The van der Waals surface area contributed by atoms with Crippen LogP contribution >= 0.6 is 0 Å². The maximum atomic E-state index is 8.56. The molecule has 10 N–H and O–H groups in total. The number of hydrogen-bond donors (Lipinski definition) is 2. The van der Waals surface area contributed by atoms with Crippen LogP contribution < -0.4 is 0 Å². The molecule has 0 rings (SSSR count). The molecule has 0 aliphatic rings. The fourth-order valence-electron chi connectivity index (χ4n) is 0. The van der Waals surface area contributed by atoms with Crippen molar-refractivity contribution in [2.45, 2.75) is 0 Å². The Kier molecular flexibility index (Phi) is 437. The van der Waals surface area contributed by atoms with Gasteiger partial charge in [-0.15, -0.1) is 0 Å². The van der Waals surface area contributed by atoms with Gasteiger partial charge in [-0.3, -0.25) is 0 Å². The summed E-state index contributed by atoms with van der Waals surface area (Å²) in [6.45, 7) is 0. The van der Waals surface area contributed by atoms with Crippen molar-refractivity contribution in [1.29, 1.82) is 0 Å². The van der Waals surface area contributed by atoms with Gasteiger partial charge in [0.05, 0.1) is 0 Å². The Morgan fingerprint density at radius 3 is 0.909 bits per heavy atom. The van der Waals surface area contributed by atoms with Gasteiger partial charge in [0.25, 0.3) is 0 Å². The third-order valence-electron chi connectivity index (χ3n) is 0. The minimum atomic E-state index is -1.83. The van der Waals surface area contributed by atoms with E-state index in [-0.39, 0.29) is 100 Å². The number of carbonyl (C=O) groups is 1. The third kappa shape index (κ3) is 387. The molecule has 0 aromatic heterocycles. The molecule has 10 heteroatoms. The zero-order valence-corrected chi connectivity index (χ0v) is 9.89. The molecule has 0 radical (unpaired) electrons. The Labute approximate surface area is 120 Å². The van der Waals surface area contributed by atoms with Crippen LogP contribution in [0.15, 0.2) is 0 Å². The molecule has 0 amide bonds. The molecule has 0 fully saturated rings. The first kappa shape index (κ1) is 79.0. The van der Waals surface area contributed by atoms with Crippen molar-refractivity contribution >= 4 is 43.9 Å². The average Bonchev–Trinajstić information content (AvgIpc) is 0.811. The molecule has 0 saturated carbocycles. The van der Waals surface area contributed by atoms with Crippen molar-refractivity contribution in [2.24, 2.45) is 0 Å². The maximum Gasteiger partial charge on any atom is 0 e. The van der Waals surface area contributed by atoms with Gasteiger partial charge in [0, 0.05) is 40.5 Å². The van der Waals surface area contributed by atoms with Crippen LogP contribution in [0, 0.1) is 0 Å². The number of carboxylic acid groups (broad SMARTS) is 2. The largest absolute Gasteiger partial charge is 0 e. The van der Waals surface area contributed by atoms with Gasteiger partial charge in [-0.1, -0.05) is 0 Å². The van der Waals surface area contributed by atoms with Crippen LogP contribution in [0.4, 0.5) is 4.79 Å². The first-order chi connectivity index (χ1) is 1.73. The van der Waals surface area contributed by atoms with Crippen molar-refractivity contribution in [3.05, 3.63) is 0 Å². The van der Waals surface area contributed by atoms with Crippen molar-refractivity contribution < 1.29 is 77.5 Å². The summed E-state index contributed by atoms with van der Waals surface area (Å²) in [6, 6.07) is 0. The summed E-state index contributed by atoms with van der Waals surface area (Å²) in [5.41, 5.74) is 0. The standard InChI is InChI=1S/CH2O3.Ca.Mo.4H2O.Zn.2H/c2-1(3)4;;;;;;;;;/h(H2,2,3,4);;;4*1H2;;;. The summed E-state index contributed by atoms with van der Waals surface area (Å²) < 4.78 is 0. The van der Waals surface area contributed by atoms with Gasteiger partial charge in [0.15, 0.2) is 0 Å². The fraction of sp³-hybridized carbons (Fsp3) is 0. The Morgan fingerprint density at radius 2 is 0.909 bits per heavy atom. The average molecular weight is 338 g/mol. The zero-order chi connectivity index (χ0) is 3.58. The van der Waals surface area contributed by atoms with Crippen LogP contribution in [0.25, 0.3) is 0 Å². The van der Waals surface area contributed by atoms with Crippen molar-refractivity contribution in [2.75, 3.05) is 0 Å². The summed E-state index contributed by atoms with van der Waals surface area (Å²) in [4.78, 5) is 8.56. The van der Waals surface area contributed by atoms with Gasteiger partial charge in [-0.2, -0.15) is 0 Å². The molecule has 0 aliphatic carbocycles. The molecule has 0 aliphatic heterocycles. The molecule has 0 aromatic carbocycles. The topological polar surface area (TPSA) is 184 Å². The molecule has 0 atom stereocenters. The molecule has 0 heterocycles. The Balaban J connectivity index is -0.00000000214. The van der Waals surface area contributed by atoms with E-state index >= 15 is 0 Å². The molecular weight excluding hydrogens is 325 g/mol. The van der Waals surface area contributed by atoms with Crippen LogP contribution in [0.1, 0.15) is 0 Å². The van der Waals surface area contributed by atoms with E-state index in [4.69, 9.17) is 15.0 Å². The first-order valence-corrected chi connectivity index (χ1v) is 0.651. The Morgan fingerprint density at radius 1 is 0.909 bits per heavy atom. The van der Waals surface area contributed by atoms with Gasteiger partial charge >= 0.3 is 43.9 Å². The first-order valence-electron chi connectivity index (χ1n) is 0.651. The summed E-state index contributed by atoms with van der Waals surface area (Å²) in [5, 5.41) is 13.9. The van der Waals surface area contributed by atoms with Crippen LogP contribution in [-0.2, 0) is 40.5 Å². The van der Waals surface area contributed by atoms with Crippen LogP contribution in [0.5, 0.6) is 0 Å². The van der Waals surface area contributed by atoms with Crippen molar-refractivity contribution in [3.8, 4) is 0 Å². The third-order valence-corrected chi connectivity index (χ3v) is 0. The second-order valence-electron chi connectivity index (χ2n) is 0.283. The molecule has 0 unspecified atom stereocenters. The molecule has 68 valence electrons. The molecule has 0 bridgehead atoms. The van der Waals surface area contributed by atoms with Gasteiger partial charge in [0.1, 0.15) is 0 Å². The van der Waals surface area contributed by atoms with E-state index in [1.165, 1.54) is 0 Å². The van der Waals surface area contributed by atoms with Gasteiger partial charge in [-0.25, -0.2) is 4.79 Å². The van der Waals surface area contributed by atoms with E-state index in [1.54, 1.807) is 0 Å². The van der Waals surface area contributed by atoms with Gasteiger partial charge in [0.2, 0.25) is 0 Å². The molecule has 0 aromatic rings. The monoisotopic (exact) mass is 338 g/mol. The van der Waals surface area contributed by atoms with Gasteiger partial charge < -0.3 is 32.1 Å². The zero-order valence-electron chi connectivity index (χ0n) is 4.92. The minimum absolute atomic E-state index is 0. The normalized spacial score (nSPS) is 2.18. The molecule has 7 nitrogen and oxygen atoms in total. The second-order valence-corrected chi connectivity index (χ2v) is 0.283. The fourth-order valence-corrected chi connectivity index (χ4v) is 0. The predicted molar refractivity (Wildman–Crippen MR) is 33.7 cm³/mol.